The molecule has 2 amide bonds. The van der Waals surface area contributed by atoms with E-state index in [1.165, 1.54) is 12.8 Å². The first-order valence-electron chi connectivity index (χ1n) is 13.3. The zero-order chi connectivity index (χ0) is 27.6. The summed E-state index contributed by atoms with van der Waals surface area (Å²) in [6.45, 7) is 4.96. The molecule has 2 aliphatic rings. The lowest BCUT2D eigenvalue weighted by Crippen LogP contribution is -2.45. The second-order valence-electron chi connectivity index (χ2n) is 10.8. The van der Waals surface area contributed by atoms with Crippen molar-refractivity contribution in [3.05, 3.63) is 60.0 Å². The molecule has 2 N–H and O–H groups in total. The third-order valence-corrected chi connectivity index (χ3v) is 7.48. The van der Waals surface area contributed by atoms with Crippen molar-refractivity contribution in [2.75, 3.05) is 35.8 Å². The number of aromatic nitrogens is 3. The first-order chi connectivity index (χ1) is 18.8. The van der Waals surface area contributed by atoms with Gasteiger partial charge < -0.3 is 25.2 Å². The van der Waals surface area contributed by atoms with Gasteiger partial charge in [0.25, 0.3) is 5.91 Å². The van der Waals surface area contributed by atoms with Gasteiger partial charge in [0.15, 0.2) is 5.82 Å². The summed E-state index contributed by atoms with van der Waals surface area (Å²) in [5.41, 5.74) is 2.17. The van der Waals surface area contributed by atoms with Crippen LogP contribution < -0.4 is 25.2 Å². The van der Waals surface area contributed by atoms with Gasteiger partial charge in [0.2, 0.25) is 11.9 Å². The molecule has 3 heterocycles. The van der Waals surface area contributed by atoms with E-state index in [9.17, 15) is 9.59 Å². The number of amides is 2. The van der Waals surface area contributed by atoms with Gasteiger partial charge in [0, 0.05) is 44.1 Å². The van der Waals surface area contributed by atoms with Crippen molar-refractivity contribution in [1.82, 2.24) is 20.3 Å². The molecule has 0 radical (unpaired) electrons. The maximum atomic E-state index is 13.2. The number of rotatable bonds is 7. The summed E-state index contributed by atoms with van der Waals surface area (Å²) < 4.78 is 5.59. The maximum Gasteiger partial charge on any atom is 0.251 e. The maximum absolute atomic E-state index is 13.2. The van der Waals surface area contributed by atoms with Crippen molar-refractivity contribution < 1.29 is 14.3 Å². The number of methoxy groups -OCH3 is 1. The van der Waals surface area contributed by atoms with Crippen LogP contribution in [0.4, 0.5) is 23.1 Å². The van der Waals surface area contributed by atoms with Crippen LogP contribution in [0.5, 0.6) is 5.75 Å². The van der Waals surface area contributed by atoms with Crippen LogP contribution in [0.1, 0.15) is 55.5 Å². The van der Waals surface area contributed by atoms with Gasteiger partial charge in [-0.25, -0.2) is 4.98 Å². The molecule has 0 unspecified atom stereocenters. The summed E-state index contributed by atoms with van der Waals surface area (Å²) >= 11 is 0. The number of hydrogen-bond acceptors (Lipinski definition) is 8. The minimum absolute atomic E-state index is 0.0487. The minimum atomic E-state index is -0.553. The molecule has 39 heavy (non-hydrogen) atoms. The summed E-state index contributed by atoms with van der Waals surface area (Å²) in [6.07, 6.45) is 9.64. The van der Waals surface area contributed by atoms with Gasteiger partial charge >= 0.3 is 0 Å². The van der Waals surface area contributed by atoms with E-state index in [0.29, 0.717) is 47.8 Å². The SMILES string of the molecule is COc1cc(C(=O)NCc2cccnc2)ccc1Nc1ncc2c(n1)N(C1CCCC1)CC(C)(C)C(=O)N2C. The van der Waals surface area contributed by atoms with Crippen molar-refractivity contribution in [3.8, 4) is 5.75 Å². The average Bonchev–Trinajstić information content (AvgIpc) is 3.47. The van der Waals surface area contributed by atoms with Crippen molar-refractivity contribution >= 4 is 35.0 Å². The highest BCUT2D eigenvalue weighted by molar-refractivity contribution is 6.01. The topological polar surface area (TPSA) is 113 Å². The molecule has 1 aliphatic carbocycles. The van der Waals surface area contributed by atoms with Gasteiger partial charge in [-0.05, 0) is 56.5 Å². The van der Waals surface area contributed by atoms with Crippen LogP contribution in [-0.4, -0.2) is 53.5 Å². The molecule has 0 atom stereocenters. The number of benzene rings is 1. The molecule has 204 valence electrons. The first kappa shape index (κ1) is 26.4. The summed E-state index contributed by atoms with van der Waals surface area (Å²) in [7, 11) is 3.35. The largest absolute Gasteiger partial charge is 0.495 e. The number of nitrogens with one attached hydrogen (secondary N) is 2. The summed E-state index contributed by atoms with van der Waals surface area (Å²) in [6, 6.07) is 9.27. The Morgan fingerprint density at radius 1 is 1.18 bits per heavy atom. The molecular weight excluding hydrogens is 494 g/mol. The molecule has 1 fully saturated rings. The summed E-state index contributed by atoms with van der Waals surface area (Å²) in [4.78, 5) is 43.5. The molecule has 0 saturated heterocycles. The minimum Gasteiger partial charge on any atom is -0.495 e. The highest BCUT2D eigenvalue weighted by atomic mass is 16.5. The van der Waals surface area contributed by atoms with E-state index in [2.05, 4.69) is 25.5 Å². The molecule has 0 bridgehead atoms. The van der Waals surface area contributed by atoms with Crippen molar-refractivity contribution in [2.24, 2.45) is 5.41 Å². The van der Waals surface area contributed by atoms with Crippen LogP contribution in [0.3, 0.4) is 0 Å². The molecular formula is C29H35N7O3. The number of anilines is 4. The molecule has 1 aliphatic heterocycles. The van der Waals surface area contributed by atoms with Crippen LogP contribution in [0, 0.1) is 5.41 Å². The van der Waals surface area contributed by atoms with Crippen molar-refractivity contribution in [1.29, 1.82) is 0 Å². The fourth-order valence-corrected chi connectivity index (χ4v) is 5.37. The number of fused-ring (bicyclic) bond motifs is 1. The number of carbonyl (C=O) groups is 2. The first-order valence-corrected chi connectivity index (χ1v) is 13.3. The van der Waals surface area contributed by atoms with Crippen LogP contribution in [0.15, 0.2) is 48.9 Å². The highest BCUT2D eigenvalue weighted by Gasteiger charge is 2.41. The number of nitrogens with zero attached hydrogens (tertiary/aromatic N) is 5. The molecule has 0 spiro atoms. The third kappa shape index (κ3) is 5.50. The Hall–Kier alpha value is -4.21. The van der Waals surface area contributed by atoms with Gasteiger partial charge in [-0.2, -0.15) is 4.98 Å². The summed E-state index contributed by atoms with van der Waals surface area (Å²) in [5.74, 6) is 1.47. The van der Waals surface area contributed by atoms with E-state index in [1.807, 2.05) is 26.0 Å². The average molecular weight is 530 g/mol. The Kier molecular flexibility index (Phi) is 7.36. The van der Waals surface area contributed by atoms with Gasteiger partial charge in [-0.3, -0.25) is 14.6 Å². The van der Waals surface area contributed by atoms with Gasteiger partial charge in [-0.1, -0.05) is 18.9 Å². The molecule has 1 saturated carbocycles. The molecule has 10 heteroatoms. The Bertz CT molecular complexity index is 1360. The van der Waals surface area contributed by atoms with Crippen LogP contribution >= 0.6 is 0 Å². The summed E-state index contributed by atoms with van der Waals surface area (Å²) in [5, 5.41) is 6.16. The Morgan fingerprint density at radius 3 is 2.69 bits per heavy atom. The van der Waals surface area contributed by atoms with E-state index in [4.69, 9.17) is 9.72 Å². The van der Waals surface area contributed by atoms with Gasteiger partial charge in [0.05, 0.1) is 24.4 Å². The van der Waals surface area contributed by atoms with E-state index < -0.39 is 5.41 Å². The Labute approximate surface area is 228 Å². The predicted octanol–water partition coefficient (Wildman–Crippen LogP) is 4.31. The zero-order valence-corrected chi connectivity index (χ0v) is 22.9. The fourth-order valence-electron chi connectivity index (χ4n) is 5.37. The third-order valence-electron chi connectivity index (χ3n) is 7.48. The second-order valence-corrected chi connectivity index (χ2v) is 10.8. The van der Waals surface area contributed by atoms with Crippen LogP contribution in [0.2, 0.25) is 0 Å². The Morgan fingerprint density at radius 2 is 1.97 bits per heavy atom. The van der Waals surface area contributed by atoms with Crippen LogP contribution in [-0.2, 0) is 11.3 Å². The van der Waals surface area contributed by atoms with E-state index in [0.717, 1.165) is 24.2 Å². The van der Waals surface area contributed by atoms with Crippen molar-refractivity contribution in [2.45, 2.75) is 52.1 Å². The Balaban J connectivity index is 1.40. The van der Waals surface area contributed by atoms with E-state index >= 15 is 0 Å². The number of pyridine rings is 1. The number of hydrogen-bond donors (Lipinski definition) is 2. The highest BCUT2D eigenvalue weighted by Crippen LogP contribution is 2.40. The van der Waals surface area contributed by atoms with E-state index in [1.54, 1.807) is 55.8 Å². The lowest BCUT2D eigenvalue weighted by atomic mass is 9.91. The van der Waals surface area contributed by atoms with Gasteiger partial charge in [0.1, 0.15) is 11.4 Å². The monoisotopic (exact) mass is 529 g/mol. The molecule has 1 aromatic carbocycles. The zero-order valence-electron chi connectivity index (χ0n) is 22.9. The fraction of sp³-hybridized carbons (Fsp3) is 0.414. The van der Waals surface area contributed by atoms with E-state index in [-0.39, 0.29) is 11.8 Å². The lowest BCUT2D eigenvalue weighted by molar-refractivity contribution is -0.125. The molecule has 5 rings (SSSR count). The molecule has 2 aromatic heterocycles. The lowest BCUT2D eigenvalue weighted by Gasteiger charge is -2.34. The number of carbonyl (C=O) groups excluding carboxylic acids is 2. The van der Waals surface area contributed by atoms with Crippen LogP contribution in [0.25, 0.3) is 0 Å². The second kappa shape index (κ2) is 10.9. The number of ether oxygens (including phenoxy) is 1. The standard InChI is InChI=1S/C29H35N7O3/c1-29(2)18-36(21-9-5-6-10-21)25-23(35(3)27(29)38)17-32-28(34-25)33-22-12-11-20(14-24(22)39-4)26(37)31-16-19-8-7-13-30-15-19/h7-8,11-15,17,21H,5-6,9-10,16,18H2,1-4H3,(H,31,37)(H,32,33,34). The normalized spacial score (nSPS) is 17.0. The smallest absolute Gasteiger partial charge is 0.251 e. The molecule has 10 nitrogen and oxygen atoms in total. The van der Waals surface area contributed by atoms with Gasteiger partial charge in [-0.15, -0.1) is 0 Å². The predicted molar refractivity (Wildman–Crippen MR) is 151 cm³/mol. The quantitative estimate of drug-likeness (QED) is 0.466. The van der Waals surface area contributed by atoms with Crippen molar-refractivity contribution in [3.63, 3.8) is 0 Å². The molecule has 3 aromatic rings.